The molecule has 2 nitrogen and oxygen atoms in total. The van der Waals surface area contributed by atoms with Crippen molar-refractivity contribution in [3.8, 4) is 5.75 Å². The Kier molecular flexibility index (Phi) is 3.75. The predicted molar refractivity (Wildman–Crippen MR) is 64.3 cm³/mol. The van der Waals surface area contributed by atoms with E-state index in [1.54, 1.807) is 7.11 Å². The first-order valence-electron chi connectivity index (χ1n) is 5.35. The molecule has 0 heterocycles. The summed E-state index contributed by atoms with van der Waals surface area (Å²) in [7, 11) is 1.71. The number of rotatable bonds is 4. The van der Waals surface area contributed by atoms with Crippen molar-refractivity contribution in [1.29, 1.82) is 0 Å². The molecule has 1 aromatic rings. The van der Waals surface area contributed by atoms with E-state index in [4.69, 9.17) is 10.5 Å². The summed E-state index contributed by atoms with van der Waals surface area (Å²) in [6, 6.07) is 6.14. The standard InChI is InChI=1S/C13H21NO/c1-10-6-5-7-12(15-4)11(10)8-9-13(2,3)14/h5-7H,8-9,14H2,1-4H3. The van der Waals surface area contributed by atoms with Gasteiger partial charge in [0.05, 0.1) is 7.11 Å². The summed E-state index contributed by atoms with van der Waals surface area (Å²) < 4.78 is 5.35. The summed E-state index contributed by atoms with van der Waals surface area (Å²) in [6.45, 7) is 6.22. The number of hydrogen-bond acceptors (Lipinski definition) is 2. The number of benzene rings is 1. The van der Waals surface area contributed by atoms with Gasteiger partial charge in [-0.3, -0.25) is 0 Å². The molecule has 0 unspecified atom stereocenters. The highest BCUT2D eigenvalue weighted by Crippen LogP contribution is 2.24. The second-order valence-corrected chi connectivity index (χ2v) is 4.74. The number of ether oxygens (including phenoxy) is 1. The van der Waals surface area contributed by atoms with Crippen LogP contribution >= 0.6 is 0 Å². The van der Waals surface area contributed by atoms with Crippen LogP contribution in [0, 0.1) is 6.92 Å². The molecule has 1 rings (SSSR count). The number of nitrogens with two attached hydrogens (primary N) is 1. The van der Waals surface area contributed by atoms with E-state index in [9.17, 15) is 0 Å². The van der Waals surface area contributed by atoms with Crippen LogP contribution in [0.2, 0.25) is 0 Å². The van der Waals surface area contributed by atoms with Crippen molar-refractivity contribution in [1.82, 2.24) is 0 Å². The zero-order valence-corrected chi connectivity index (χ0v) is 10.1. The fraction of sp³-hybridized carbons (Fsp3) is 0.538. The SMILES string of the molecule is COc1cccc(C)c1CCC(C)(C)N. The van der Waals surface area contributed by atoms with E-state index in [1.807, 2.05) is 12.1 Å². The molecule has 0 radical (unpaired) electrons. The molecule has 0 aromatic heterocycles. The lowest BCUT2D eigenvalue weighted by atomic mass is 9.94. The third-order valence-corrected chi connectivity index (χ3v) is 2.61. The Bertz CT molecular complexity index is 326. The molecule has 0 bridgehead atoms. The first kappa shape index (κ1) is 12.1. The summed E-state index contributed by atoms with van der Waals surface area (Å²) in [5, 5.41) is 0. The lowest BCUT2D eigenvalue weighted by Gasteiger charge is -2.20. The molecule has 0 spiro atoms. The van der Waals surface area contributed by atoms with Gasteiger partial charge in [-0.25, -0.2) is 0 Å². The predicted octanol–water partition coefficient (Wildman–Crippen LogP) is 2.67. The molecule has 0 atom stereocenters. The highest BCUT2D eigenvalue weighted by Gasteiger charge is 2.13. The Hall–Kier alpha value is -1.02. The van der Waals surface area contributed by atoms with Crippen molar-refractivity contribution in [3.63, 3.8) is 0 Å². The van der Waals surface area contributed by atoms with Crippen molar-refractivity contribution >= 4 is 0 Å². The molecule has 1 aromatic carbocycles. The van der Waals surface area contributed by atoms with Gasteiger partial charge in [0.2, 0.25) is 0 Å². The molecular weight excluding hydrogens is 186 g/mol. The van der Waals surface area contributed by atoms with Gasteiger partial charge in [0.1, 0.15) is 5.75 Å². The zero-order valence-electron chi connectivity index (χ0n) is 10.1. The Morgan fingerprint density at radius 1 is 1.33 bits per heavy atom. The number of methoxy groups -OCH3 is 1. The van der Waals surface area contributed by atoms with Gasteiger partial charge in [0, 0.05) is 5.54 Å². The highest BCUT2D eigenvalue weighted by atomic mass is 16.5. The highest BCUT2D eigenvalue weighted by molar-refractivity contribution is 5.39. The van der Waals surface area contributed by atoms with Crippen LogP contribution in [0.1, 0.15) is 31.4 Å². The molecule has 0 aliphatic carbocycles. The lowest BCUT2D eigenvalue weighted by molar-refractivity contribution is 0.404. The molecular formula is C13H21NO. The van der Waals surface area contributed by atoms with Gasteiger partial charge in [-0.1, -0.05) is 12.1 Å². The minimum absolute atomic E-state index is 0.118. The molecule has 2 heteroatoms. The lowest BCUT2D eigenvalue weighted by Crippen LogP contribution is -2.32. The van der Waals surface area contributed by atoms with Gasteiger partial charge >= 0.3 is 0 Å². The van der Waals surface area contributed by atoms with Crippen molar-refractivity contribution < 1.29 is 4.74 Å². The van der Waals surface area contributed by atoms with E-state index in [1.165, 1.54) is 11.1 Å². The fourth-order valence-electron chi connectivity index (χ4n) is 1.63. The average Bonchev–Trinajstić information content (AvgIpc) is 2.14. The maximum Gasteiger partial charge on any atom is 0.122 e. The van der Waals surface area contributed by atoms with E-state index in [0.717, 1.165) is 18.6 Å². The van der Waals surface area contributed by atoms with Gasteiger partial charge < -0.3 is 10.5 Å². The number of aryl methyl sites for hydroxylation is 1. The van der Waals surface area contributed by atoms with Gasteiger partial charge in [-0.15, -0.1) is 0 Å². The monoisotopic (exact) mass is 207 g/mol. The molecule has 0 amide bonds. The Morgan fingerprint density at radius 2 is 2.00 bits per heavy atom. The van der Waals surface area contributed by atoms with Gasteiger partial charge in [0.25, 0.3) is 0 Å². The maximum absolute atomic E-state index is 5.98. The largest absolute Gasteiger partial charge is 0.496 e. The molecule has 0 saturated heterocycles. The van der Waals surface area contributed by atoms with E-state index in [2.05, 4.69) is 26.8 Å². The summed E-state index contributed by atoms with van der Waals surface area (Å²) >= 11 is 0. The third kappa shape index (κ3) is 3.56. The molecule has 0 fully saturated rings. The van der Waals surface area contributed by atoms with Crippen LogP contribution in [0.25, 0.3) is 0 Å². The van der Waals surface area contributed by atoms with Crippen LogP contribution in [0.3, 0.4) is 0 Å². The fourth-order valence-corrected chi connectivity index (χ4v) is 1.63. The van der Waals surface area contributed by atoms with Gasteiger partial charge in [-0.2, -0.15) is 0 Å². The second-order valence-electron chi connectivity index (χ2n) is 4.74. The summed E-state index contributed by atoms with van der Waals surface area (Å²) in [5.41, 5.74) is 8.42. The van der Waals surface area contributed by atoms with Crippen LogP contribution in [0.4, 0.5) is 0 Å². The molecule has 84 valence electrons. The summed E-state index contributed by atoms with van der Waals surface area (Å²) in [4.78, 5) is 0. The molecule has 0 saturated carbocycles. The Balaban J connectivity index is 2.83. The molecule has 15 heavy (non-hydrogen) atoms. The van der Waals surface area contributed by atoms with Crippen LogP contribution in [0.15, 0.2) is 18.2 Å². The van der Waals surface area contributed by atoms with Crippen molar-refractivity contribution in [2.75, 3.05) is 7.11 Å². The summed E-state index contributed by atoms with van der Waals surface area (Å²) in [5.74, 6) is 0.972. The molecule has 2 N–H and O–H groups in total. The average molecular weight is 207 g/mol. The van der Waals surface area contributed by atoms with E-state index in [0.29, 0.717) is 0 Å². The zero-order chi connectivity index (χ0) is 11.5. The quantitative estimate of drug-likeness (QED) is 0.823. The Labute approximate surface area is 92.4 Å². The minimum Gasteiger partial charge on any atom is -0.496 e. The van der Waals surface area contributed by atoms with Crippen LogP contribution in [0.5, 0.6) is 5.75 Å². The third-order valence-electron chi connectivity index (χ3n) is 2.61. The van der Waals surface area contributed by atoms with Crippen LogP contribution in [-0.4, -0.2) is 12.6 Å². The second kappa shape index (κ2) is 4.67. The number of hydrogen-bond donors (Lipinski definition) is 1. The van der Waals surface area contributed by atoms with E-state index in [-0.39, 0.29) is 5.54 Å². The normalized spacial score (nSPS) is 11.5. The minimum atomic E-state index is -0.118. The van der Waals surface area contributed by atoms with Gasteiger partial charge in [0.15, 0.2) is 0 Å². The van der Waals surface area contributed by atoms with Crippen molar-refractivity contribution in [3.05, 3.63) is 29.3 Å². The maximum atomic E-state index is 5.98. The first-order valence-corrected chi connectivity index (χ1v) is 5.35. The van der Waals surface area contributed by atoms with E-state index >= 15 is 0 Å². The Morgan fingerprint density at radius 3 is 2.53 bits per heavy atom. The van der Waals surface area contributed by atoms with Crippen molar-refractivity contribution in [2.24, 2.45) is 5.73 Å². The smallest absolute Gasteiger partial charge is 0.122 e. The first-order chi connectivity index (χ1) is 6.94. The van der Waals surface area contributed by atoms with Crippen LogP contribution < -0.4 is 10.5 Å². The summed E-state index contributed by atoms with van der Waals surface area (Å²) in [6.07, 6.45) is 1.94. The van der Waals surface area contributed by atoms with Gasteiger partial charge in [-0.05, 0) is 50.8 Å². The molecule has 0 aliphatic heterocycles. The van der Waals surface area contributed by atoms with E-state index < -0.39 is 0 Å². The topological polar surface area (TPSA) is 35.2 Å². The molecule has 0 aliphatic rings. The van der Waals surface area contributed by atoms with Crippen LogP contribution in [-0.2, 0) is 6.42 Å². The van der Waals surface area contributed by atoms with Crippen molar-refractivity contribution in [2.45, 2.75) is 39.2 Å².